The molecule has 0 saturated carbocycles. The first kappa shape index (κ1) is 10.5. The Balaban J connectivity index is 2.96. The predicted molar refractivity (Wildman–Crippen MR) is 54.9 cm³/mol. The van der Waals surface area contributed by atoms with Gasteiger partial charge in [0.1, 0.15) is 11.6 Å². The number of carbonyl (C=O) groups is 1. The van der Waals surface area contributed by atoms with E-state index in [1.165, 1.54) is 22.3 Å². The van der Waals surface area contributed by atoms with Crippen LogP contribution in [0.15, 0.2) is 17.7 Å². The van der Waals surface area contributed by atoms with Gasteiger partial charge in [-0.05, 0) is 24.6 Å². The van der Waals surface area contributed by atoms with E-state index >= 15 is 0 Å². The Kier molecular flexibility index (Phi) is 3.43. The van der Waals surface area contributed by atoms with Gasteiger partial charge in [-0.2, -0.15) is 5.26 Å². The third-order valence-corrected chi connectivity index (χ3v) is 2.84. The highest BCUT2D eigenvalue weighted by atomic mass is 32.1. The van der Waals surface area contributed by atoms with Crippen molar-refractivity contribution >= 4 is 23.4 Å². The SMILES string of the molecule is CCc1ccc(C=C(C#N)C(=O)O)s1. The molecule has 0 aliphatic rings. The first-order chi connectivity index (χ1) is 6.67. The highest BCUT2D eigenvalue weighted by Crippen LogP contribution is 2.19. The summed E-state index contributed by atoms with van der Waals surface area (Å²) in [6, 6.07) is 5.41. The molecule has 4 heteroatoms. The van der Waals surface area contributed by atoms with Crippen LogP contribution >= 0.6 is 11.3 Å². The summed E-state index contributed by atoms with van der Waals surface area (Å²) in [5.41, 5.74) is -0.227. The maximum Gasteiger partial charge on any atom is 0.346 e. The fourth-order valence-electron chi connectivity index (χ4n) is 0.946. The van der Waals surface area contributed by atoms with Crippen molar-refractivity contribution in [3.63, 3.8) is 0 Å². The lowest BCUT2D eigenvalue weighted by Gasteiger charge is -1.88. The molecule has 0 aliphatic carbocycles. The van der Waals surface area contributed by atoms with Crippen LogP contribution in [0.5, 0.6) is 0 Å². The molecule has 1 aromatic heterocycles. The number of hydrogen-bond acceptors (Lipinski definition) is 3. The van der Waals surface area contributed by atoms with Crippen LogP contribution in [0.1, 0.15) is 16.7 Å². The van der Waals surface area contributed by atoms with Crippen LogP contribution in [-0.4, -0.2) is 11.1 Å². The quantitative estimate of drug-likeness (QED) is 0.611. The van der Waals surface area contributed by atoms with E-state index in [0.717, 1.165) is 11.3 Å². The summed E-state index contributed by atoms with van der Waals surface area (Å²) >= 11 is 1.50. The molecular formula is C10H9NO2S. The molecule has 0 radical (unpaired) electrons. The van der Waals surface area contributed by atoms with Crippen LogP contribution < -0.4 is 0 Å². The molecule has 1 heterocycles. The van der Waals surface area contributed by atoms with Crippen LogP contribution in [0.4, 0.5) is 0 Å². The molecule has 0 aromatic carbocycles. The maximum absolute atomic E-state index is 10.5. The summed E-state index contributed by atoms with van der Waals surface area (Å²) in [5.74, 6) is -1.18. The summed E-state index contributed by atoms with van der Waals surface area (Å²) in [6.45, 7) is 2.03. The maximum atomic E-state index is 10.5. The summed E-state index contributed by atoms with van der Waals surface area (Å²) in [7, 11) is 0. The van der Waals surface area contributed by atoms with Gasteiger partial charge in [-0.3, -0.25) is 0 Å². The zero-order valence-electron chi connectivity index (χ0n) is 7.65. The number of rotatable bonds is 3. The molecule has 0 amide bonds. The van der Waals surface area contributed by atoms with E-state index in [0.29, 0.717) is 0 Å². The van der Waals surface area contributed by atoms with Gasteiger partial charge >= 0.3 is 5.97 Å². The van der Waals surface area contributed by atoms with E-state index in [4.69, 9.17) is 10.4 Å². The van der Waals surface area contributed by atoms with Crippen molar-refractivity contribution in [2.75, 3.05) is 0 Å². The molecule has 0 spiro atoms. The Labute approximate surface area is 85.9 Å². The summed E-state index contributed by atoms with van der Waals surface area (Å²) in [4.78, 5) is 12.5. The second-order valence-electron chi connectivity index (χ2n) is 2.63. The average Bonchev–Trinajstić information content (AvgIpc) is 2.61. The standard InChI is InChI=1S/C10H9NO2S/c1-2-8-3-4-9(14-8)5-7(6-11)10(12)13/h3-5H,2H2,1H3,(H,12,13). The highest BCUT2D eigenvalue weighted by molar-refractivity contribution is 7.12. The van der Waals surface area contributed by atoms with Gasteiger partial charge in [-0.25, -0.2) is 4.79 Å². The monoisotopic (exact) mass is 207 g/mol. The van der Waals surface area contributed by atoms with Crippen LogP contribution in [0.25, 0.3) is 6.08 Å². The Morgan fingerprint density at radius 3 is 2.86 bits per heavy atom. The molecule has 0 bridgehead atoms. The molecule has 1 rings (SSSR count). The fraction of sp³-hybridized carbons (Fsp3) is 0.200. The minimum atomic E-state index is -1.18. The molecule has 0 saturated heterocycles. The largest absolute Gasteiger partial charge is 0.477 e. The molecule has 72 valence electrons. The lowest BCUT2D eigenvalue weighted by Crippen LogP contribution is -1.96. The normalized spacial score (nSPS) is 11.0. The van der Waals surface area contributed by atoms with Crippen LogP contribution in [-0.2, 0) is 11.2 Å². The minimum absolute atomic E-state index is 0.227. The number of carboxylic acids is 1. The third kappa shape index (κ3) is 2.44. The van der Waals surface area contributed by atoms with Crippen molar-refractivity contribution < 1.29 is 9.90 Å². The summed E-state index contributed by atoms with van der Waals surface area (Å²) in [6.07, 6.45) is 2.32. The molecule has 3 nitrogen and oxygen atoms in total. The van der Waals surface area contributed by atoms with E-state index in [2.05, 4.69) is 0 Å². The highest BCUT2D eigenvalue weighted by Gasteiger charge is 2.06. The van der Waals surface area contributed by atoms with E-state index in [-0.39, 0.29) is 5.57 Å². The first-order valence-corrected chi connectivity index (χ1v) is 4.92. The number of nitrogens with zero attached hydrogens (tertiary/aromatic N) is 1. The van der Waals surface area contributed by atoms with Crippen molar-refractivity contribution in [1.29, 1.82) is 5.26 Å². The lowest BCUT2D eigenvalue weighted by molar-refractivity contribution is -0.132. The molecule has 1 aromatic rings. The number of thiophene rings is 1. The zero-order valence-corrected chi connectivity index (χ0v) is 8.47. The number of carboxylic acid groups (broad SMARTS) is 1. The summed E-state index contributed by atoms with van der Waals surface area (Å²) in [5, 5.41) is 17.1. The van der Waals surface area contributed by atoms with Crippen LogP contribution in [0.3, 0.4) is 0 Å². The third-order valence-electron chi connectivity index (χ3n) is 1.67. The molecular weight excluding hydrogens is 198 g/mol. The van der Waals surface area contributed by atoms with Gasteiger partial charge in [0.05, 0.1) is 0 Å². The van der Waals surface area contributed by atoms with Crippen molar-refractivity contribution in [3.8, 4) is 6.07 Å². The summed E-state index contributed by atoms with van der Waals surface area (Å²) < 4.78 is 0. The van der Waals surface area contributed by atoms with Crippen molar-refractivity contribution in [1.82, 2.24) is 0 Å². The van der Waals surface area contributed by atoms with Crippen LogP contribution in [0, 0.1) is 11.3 Å². The Morgan fingerprint density at radius 2 is 2.43 bits per heavy atom. The van der Waals surface area contributed by atoms with Gasteiger partial charge in [0, 0.05) is 9.75 Å². The number of aliphatic carboxylic acids is 1. The van der Waals surface area contributed by atoms with Crippen molar-refractivity contribution in [2.45, 2.75) is 13.3 Å². The van der Waals surface area contributed by atoms with E-state index in [1.54, 1.807) is 6.07 Å². The molecule has 0 unspecified atom stereocenters. The number of aryl methyl sites for hydroxylation is 1. The second-order valence-corrected chi connectivity index (χ2v) is 3.83. The predicted octanol–water partition coefficient (Wildman–Crippen LogP) is 2.30. The minimum Gasteiger partial charge on any atom is -0.477 e. The van der Waals surface area contributed by atoms with Gasteiger partial charge in [0.15, 0.2) is 0 Å². The Morgan fingerprint density at radius 1 is 1.71 bits per heavy atom. The average molecular weight is 207 g/mol. The first-order valence-electron chi connectivity index (χ1n) is 4.11. The van der Waals surface area contributed by atoms with Crippen molar-refractivity contribution in [2.24, 2.45) is 0 Å². The van der Waals surface area contributed by atoms with E-state index < -0.39 is 5.97 Å². The van der Waals surface area contributed by atoms with Crippen molar-refractivity contribution in [3.05, 3.63) is 27.5 Å². The molecule has 0 atom stereocenters. The van der Waals surface area contributed by atoms with Gasteiger partial charge in [-0.1, -0.05) is 6.92 Å². The number of hydrogen-bond donors (Lipinski definition) is 1. The van der Waals surface area contributed by atoms with Gasteiger partial charge in [0.2, 0.25) is 0 Å². The van der Waals surface area contributed by atoms with Gasteiger partial charge in [0.25, 0.3) is 0 Å². The number of nitriles is 1. The van der Waals surface area contributed by atoms with E-state index in [1.807, 2.05) is 19.1 Å². The van der Waals surface area contributed by atoms with E-state index in [9.17, 15) is 4.79 Å². The van der Waals surface area contributed by atoms with Crippen LogP contribution in [0.2, 0.25) is 0 Å². The smallest absolute Gasteiger partial charge is 0.346 e. The second kappa shape index (κ2) is 4.58. The lowest BCUT2D eigenvalue weighted by atomic mass is 10.2. The fourth-order valence-corrected chi connectivity index (χ4v) is 1.84. The molecule has 14 heavy (non-hydrogen) atoms. The topological polar surface area (TPSA) is 61.1 Å². The Hall–Kier alpha value is -1.60. The molecule has 0 aliphatic heterocycles. The van der Waals surface area contributed by atoms with Gasteiger partial charge in [-0.15, -0.1) is 11.3 Å². The zero-order chi connectivity index (χ0) is 10.6. The van der Waals surface area contributed by atoms with Gasteiger partial charge < -0.3 is 5.11 Å². The Bertz CT molecular complexity index is 412. The molecule has 1 N–H and O–H groups in total. The molecule has 0 fully saturated rings.